The Kier molecular flexibility index (Phi) is 6.10. The van der Waals surface area contributed by atoms with Gasteiger partial charge in [-0.1, -0.05) is 18.2 Å². The first-order chi connectivity index (χ1) is 18.0. The number of rotatable bonds is 5. The van der Waals surface area contributed by atoms with E-state index in [2.05, 4.69) is 5.32 Å². The van der Waals surface area contributed by atoms with Gasteiger partial charge in [-0.2, -0.15) is 0 Å². The Balaban J connectivity index is 1.56. The maximum Gasteiger partial charge on any atom is 0.235 e. The summed E-state index contributed by atoms with van der Waals surface area (Å²) < 4.78 is 0. The number of para-hydroxylation sites is 1. The van der Waals surface area contributed by atoms with Crippen molar-refractivity contribution in [2.75, 3.05) is 24.3 Å². The third-order valence-electron chi connectivity index (χ3n) is 8.20. The van der Waals surface area contributed by atoms with Gasteiger partial charge in [-0.05, 0) is 42.5 Å². The molecule has 38 heavy (non-hydrogen) atoms. The number of nitrogens with two attached hydrogens (primary N) is 1. The van der Waals surface area contributed by atoms with Crippen LogP contribution in [0.4, 0.5) is 11.4 Å². The Morgan fingerprint density at radius 3 is 2.42 bits per heavy atom. The number of fused-ring (bicyclic) bond motifs is 3. The number of anilines is 2. The number of nitrogens with one attached hydrogen (secondary N) is 1. The molecule has 10 heteroatoms. The van der Waals surface area contributed by atoms with Crippen LogP contribution < -0.4 is 16.0 Å². The van der Waals surface area contributed by atoms with Crippen LogP contribution >= 0.6 is 0 Å². The minimum atomic E-state index is -2.66. The summed E-state index contributed by atoms with van der Waals surface area (Å²) in [5.74, 6) is -10.1. The number of nitrogens with zero attached hydrogens (tertiary/aromatic N) is 1. The van der Waals surface area contributed by atoms with E-state index in [4.69, 9.17) is 5.73 Å². The minimum absolute atomic E-state index is 0.0107. The van der Waals surface area contributed by atoms with Crippen molar-refractivity contribution in [3.05, 3.63) is 53.1 Å². The second-order valence-electron chi connectivity index (χ2n) is 10.6. The Bertz CT molecular complexity index is 1390. The fraction of sp³-hybridized carbons (Fsp3) is 0.393. The standard InChI is InChI=1S/C28H29N3O7/c1-31(2)18-10-14(12-30-16-6-4-3-5-7-16)23(33)21-17(18)9-13-8-15-11-19(32)22(27(29)37)26(36)28(15,38)25(35)20(13)24(21)34/h3-7,10,13,15,20,22,30,33,38H,8-9,11-12H2,1-2H3,(H2,29,37)/t13-,15+,20?,22?,28+/m1/s1. The summed E-state index contributed by atoms with van der Waals surface area (Å²) in [6.07, 6.45) is -0.0626. The van der Waals surface area contributed by atoms with E-state index in [9.17, 15) is 34.2 Å². The van der Waals surface area contributed by atoms with Gasteiger partial charge in [0.05, 0.1) is 11.5 Å². The molecule has 3 aliphatic carbocycles. The highest BCUT2D eigenvalue weighted by Crippen LogP contribution is 2.51. The molecular weight excluding hydrogens is 490 g/mol. The van der Waals surface area contributed by atoms with E-state index in [0.29, 0.717) is 16.8 Å². The summed E-state index contributed by atoms with van der Waals surface area (Å²) in [6.45, 7) is 0.201. The number of aromatic hydroxyl groups is 1. The molecule has 1 amide bonds. The number of carbonyl (C=O) groups excluding carboxylic acids is 5. The van der Waals surface area contributed by atoms with Crippen molar-refractivity contribution in [1.82, 2.24) is 0 Å². The molecule has 3 aliphatic rings. The van der Waals surface area contributed by atoms with E-state index in [1.807, 2.05) is 49.3 Å². The monoisotopic (exact) mass is 519 g/mol. The number of hydrogen-bond donors (Lipinski definition) is 4. The summed E-state index contributed by atoms with van der Waals surface area (Å²) in [6, 6.07) is 11.1. The molecule has 5 N–H and O–H groups in total. The Morgan fingerprint density at radius 1 is 1.11 bits per heavy atom. The molecule has 0 spiro atoms. The van der Waals surface area contributed by atoms with Crippen LogP contribution in [0.25, 0.3) is 0 Å². The van der Waals surface area contributed by atoms with E-state index in [1.54, 1.807) is 6.07 Å². The van der Waals surface area contributed by atoms with Gasteiger partial charge in [0.25, 0.3) is 0 Å². The van der Waals surface area contributed by atoms with Gasteiger partial charge in [-0.15, -0.1) is 0 Å². The molecule has 2 aromatic carbocycles. The number of ketones is 4. The van der Waals surface area contributed by atoms with Crippen molar-refractivity contribution < 1.29 is 34.2 Å². The minimum Gasteiger partial charge on any atom is -0.507 e. The molecule has 5 atom stereocenters. The largest absolute Gasteiger partial charge is 0.507 e. The molecule has 198 valence electrons. The van der Waals surface area contributed by atoms with Crippen molar-refractivity contribution in [2.45, 2.75) is 31.4 Å². The first kappa shape index (κ1) is 25.6. The fourth-order valence-corrected chi connectivity index (χ4v) is 6.36. The molecule has 0 aromatic heterocycles. The number of amides is 1. The average Bonchev–Trinajstić information content (AvgIpc) is 2.86. The normalized spacial score (nSPS) is 28.3. The lowest BCUT2D eigenvalue weighted by atomic mass is 9.53. The molecule has 0 heterocycles. The predicted octanol–water partition coefficient (Wildman–Crippen LogP) is 1.00. The Hall–Kier alpha value is -4.05. The molecule has 10 nitrogen and oxygen atoms in total. The maximum absolute atomic E-state index is 13.9. The fourth-order valence-electron chi connectivity index (χ4n) is 6.36. The molecule has 2 fully saturated rings. The van der Waals surface area contributed by atoms with E-state index in [1.165, 1.54) is 0 Å². The number of phenols is 1. The highest BCUT2D eigenvalue weighted by atomic mass is 16.3. The summed E-state index contributed by atoms with van der Waals surface area (Å²) in [7, 11) is 3.62. The zero-order valence-electron chi connectivity index (χ0n) is 21.1. The molecule has 2 aromatic rings. The van der Waals surface area contributed by atoms with E-state index in [0.717, 1.165) is 5.69 Å². The van der Waals surface area contributed by atoms with E-state index < -0.39 is 58.3 Å². The Morgan fingerprint density at radius 2 is 1.79 bits per heavy atom. The molecule has 0 saturated heterocycles. The van der Waals surface area contributed by atoms with Crippen LogP contribution in [0.1, 0.15) is 34.3 Å². The number of carbonyl (C=O) groups is 5. The number of Topliss-reactive ketones (excluding diaryl/α,β-unsaturated/α-hetero) is 4. The highest BCUT2D eigenvalue weighted by molar-refractivity contribution is 6.31. The highest BCUT2D eigenvalue weighted by Gasteiger charge is 2.66. The third kappa shape index (κ3) is 3.70. The SMILES string of the molecule is CN(C)c1cc(CNc2ccccc2)c(O)c2c1C[C@H]1C[C@H]3CC(=O)C(C(N)=O)C(=O)[C@@]3(O)C(=O)C1C2=O. The zero-order chi connectivity index (χ0) is 27.5. The molecule has 0 bridgehead atoms. The number of aliphatic hydroxyl groups is 1. The van der Waals surface area contributed by atoms with Gasteiger partial charge >= 0.3 is 0 Å². The van der Waals surface area contributed by atoms with Crippen LogP contribution in [0.5, 0.6) is 5.75 Å². The van der Waals surface area contributed by atoms with Crippen molar-refractivity contribution in [2.24, 2.45) is 29.4 Å². The van der Waals surface area contributed by atoms with Crippen molar-refractivity contribution in [1.29, 1.82) is 0 Å². The summed E-state index contributed by atoms with van der Waals surface area (Å²) in [5.41, 5.74) is 5.09. The predicted molar refractivity (Wildman–Crippen MR) is 137 cm³/mol. The first-order valence-corrected chi connectivity index (χ1v) is 12.5. The van der Waals surface area contributed by atoms with Crippen molar-refractivity contribution >= 4 is 40.4 Å². The quantitative estimate of drug-likeness (QED) is 0.421. The van der Waals surface area contributed by atoms with Gasteiger partial charge in [-0.25, -0.2) is 0 Å². The number of hydrogen-bond acceptors (Lipinski definition) is 9. The Labute approximate surface area is 218 Å². The summed E-state index contributed by atoms with van der Waals surface area (Å²) in [4.78, 5) is 66.8. The van der Waals surface area contributed by atoms with Crippen LogP contribution in [0.2, 0.25) is 0 Å². The molecule has 2 saturated carbocycles. The lowest BCUT2D eigenvalue weighted by molar-refractivity contribution is -0.175. The van der Waals surface area contributed by atoms with E-state index in [-0.39, 0.29) is 37.1 Å². The molecule has 5 rings (SSSR count). The van der Waals surface area contributed by atoms with Crippen LogP contribution in [0, 0.1) is 23.7 Å². The van der Waals surface area contributed by atoms with Crippen LogP contribution in [0.3, 0.4) is 0 Å². The second-order valence-corrected chi connectivity index (χ2v) is 10.6. The lowest BCUT2D eigenvalue weighted by Gasteiger charge is -2.48. The van der Waals surface area contributed by atoms with Gasteiger partial charge in [0.1, 0.15) is 5.75 Å². The number of primary amides is 1. The molecular formula is C28H29N3O7. The van der Waals surface area contributed by atoms with Gasteiger partial charge in [0.2, 0.25) is 5.91 Å². The summed E-state index contributed by atoms with van der Waals surface area (Å²) >= 11 is 0. The van der Waals surface area contributed by atoms with Crippen LogP contribution in [0.15, 0.2) is 36.4 Å². The number of phenolic OH excluding ortho intramolecular Hbond substituents is 1. The second kappa shape index (κ2) is 9.05. The van der Waals surface area contributed by atoms with Crippen LogP contribution in [-0.4, -0.2) is 58.9 Å². The molecule has 0 radical (unpaired) electrons. The lowest BCUT2D eigenvalue weighted by Crippen LogP contribution is -2.68. The first-order valence-electron chi connectivity index (χ1n) is 12.5. The van der Waals surface area contributed by atoms with Gasteiger partial charge in [-0.3, -0.25) is 24.0 Å². The third-order valence-corrected chi connectivity index (χ3v) is 8.20. The molecule has 2 unspecified atom stereocenters. The number of benzene rings is 2. The van der Waals surface area contributed by atoms with E-state index >= 15 is 0 Å². The van der Waals surface area contributed by atoms with Crippen molar-refractivity contribution in [3.63, 3.8) is 0 Å². The van der Waals surface area contributed by atoms with Gasteiger partial charge in [0.15, 0.2) is 34.7 Å². The van der Waals surface area contributed by atoms with Crippen molar-refractivity contribution in [3.8, 4) is 5.75 Å². The maximum atomic E-state index is 13.9. The smallest absolute Gasteiger partial charge is 0.235 e. The summed E-state index contributed by atoms with van der Waals surface area (Å²) in [5, 5.41) is 25.8. The average molecular weight is 520 g/mol. The zero-order valence-corrected chi connectivity index (χ0v) is 21.1. The van der Waals surface area contributed by atoms with Crippen LogP contribution in [-0.2, 0) is 32.1 Å². The van der Waals surface area contributed by atoms with Gasteiger partial charge < -0.3 is 26.2 Å². The topological polar surface area (TPSA) is 167 Å². The van der Waals surface area contributed by atoms with Gasteiger partial charge in [0, 0.05) is 49.9 Å². The molecule has 0 aliphatic heterocycles.